The van der Waals surface area contributed by atoms with Gasteiger partial charge in [-0.3, -0.25) is 10.1 Å². The maximum absolute atomic E-state index is 10.9. The fraction of sp³-hybridized carbons (Fsp3) is 0.364. The summed E-state index contributed by atoms with van der Waals surface area (Å²) in [6.45, 7) is 2.01. The van der Waals surface area contributed by atoms with Crippen LogP contribution in [-0.4, -0.2) is 10.5 Å². The molecule has 1 aliphatic carbocycles. The summed E-state index contributed by atoms with van der Waals surface area (Å²) in [4.78, 5) is 10.4. The van der Waals surface area contributed by atoms with Crippen molar-refractivity contribution in [1.82, 2.24) is 0 Å². The lowest BCUT2D eigenvalue weighted by Gasteiger charge is -2.13. The van der Waals surface area contributed by atoms with Crippen molar-refractivity contribution in [2.24, 2.45) is 0 Å². The lowest BCUT2D eigenvalue weighted by Crippen LogP contribution is -2.17. The molecule has 1 N–H and O–H groups in total. The zero-order chi connectivity index (χ0) is 11.8. The van der Waals surface area contributed by atoms with Gasteiger partial charge in [0, 0.05) is 5.54 Å². The molecular weight excluding hydrogens is 206 g/mol. The lowest BCUT2D eigenvalue weighted by atomic mass is 10.1. The highest BCUT2D eigenvalue weighted by atomic mass is 16.6. The predicted molar refractivity (Wildman–Crippen MR) is 59.1 cm³/mol. The Morgan fingerprint density at radius 3 is 2.75 bits per heavy atom. The van der Waals surface area contributed by atoms with Gasteiger partial charge >= 0.3 is 5.69 Å². The molecule has 1 aromatic carbocycles. The topological polar surface area (TPSA) is 79.0 Å². The normalized spacial score (nSPS) is 16.2. The van der Waals surface area contributed by atoms with Crippen LogP contribution in [-0.2, 0) is 0 Å². The number of benzene rings is 1. The molecule has 0 aliphatic heterocycles. The van der Waals surface area contributed by atoms with Crippen molar-refractivity contribution in [1.29, 1.82) is 5.26 Å². The smallest absolute Gasteiger partial charge is 0.309 e. The highest BCUT2D eigenvalue weighted by Crippen LogP contribution is 2.41. The predicted octanol–water partition coefficient (Wildman–Crippen LogP) is 2.43. The molecule has 1 aromatic rings. The van der Waals surface area contributed by atoms with E-state index < -0.39 is 4.92 Å². The van der Waals surface area contributed by atoms with Gasteiger partial charge in [0.05, 0.1) is 4.92 Å². The molecule has 0 radical (unpaired) electrons. The fourth-order valence-corrected chi connectivity index (χ4v) is 1.57. The Hall–Kier alpha value is -2.09. The fourth-order valence-electron chi connectivity index (χ4n) is 1.57. The molecule has 0 saturated heterocycles. The van der Waals surface area contributed by atoms with Gasteiger partial charge in [-0.25, -0.2) is 0 Å². The molecule has 0 heterocycles. The number of nitrogens with one attached hydrogen (secondary N) is 1. The number of hydrogen-bond acceptors (Lipinski definition) is 4. The third kappa shape index (κ3) is 1.82. The first-order chi connectivity index (χ1) is 7.56. The zero-order valence-electron chi connectivity index (χ0n) is 8.86. The average Bonchev–Trinajstić information content (AvgIpc) is 2.95. The Morgan fingerprint density at radius 2 is 2.25 bits per heavy atom. The molecule has 0 aromatic heterocycles. The maximum atomic E-state index is 10.9. The summed E-state index contributed by atoms with van der Waals surface area (Å²) >= 11 is 0. The molecule has 16 heavy (non-hydrogen) atoms. The molecule has 0 atom stereocenters. The van der Waals surface area contributed by atoms with Crippen LogP contribution in [0.25, 0.3) is 0 Å². The van der Waals surface area contributed by atoms with Gasteiger partial charge in [-0.15, -0.1) is 0 Å². The van der Waals surface area contributed by atoms with E-state index in [0.717, 1.165) is 12.8 Å². The third-order valence-electron chi connectivity index (χ3n) is 2.78. The van der Waals surface area contributed by atoms with Gasteiger partial charge in [0.25, 0.3) is 0 Å². The lowest BCUT2D eigenvalue weighted by molar-refractivity contribution is -0.384. The molecule has 0 bridgehead atoms. The summed E-state index contributed by atoms with van der Waals surface area (Å²) in [5, 5.41) is 22.9. The van der Waals surface area contributed by atoms with Crippen LogP contribution in [0.2, 0.25) is 0 Å². The van der Waals surface area contributed by atoms with Crippen molar-refractivity contribution in [2.75, 3.05) is 5.32 Å². The number of para-hydroxylation sites is 1. The van der Waals surface area contributed by atoms with Crippen LogP contribution in [0.1, 0.15) is 25.3 Å². The Bertz CT molecular complexity index is 486. The monoisotopic (exact) mass is 217 g/mol. The second-order valence-electron chi connectivity index (χ2n) is 4.26. The molecule has 5 heteroatoms. The standard InChI is InChI=1S/C11H11N3O2/c1-11(5-6-11)13-9-4-2-3-8(7-12)10(9)14(15)16/h2-4,13H,5-6H2,1H3. The number of nitriles is 1. The largest absolute Gasteiger partial charge is 0.374 e. The second kappa shape index (κ2) is 3.49. The van der Waals surface area contributed by atoms with Gasteiger partial charge in [0.15, 0.2) is 0 Å². The molecule has 1 aliphatic rings. The van der Waals surface area contributed by atoms with Gasteiger partial charge in [-0.1, -0.05) is 6.07 Å². The molecule has 0 amide bonds. The van der Waals surface area contributed by atoms with E-state index in [0.29, 0.717) is 5.69 Å². The Morgan fingerprint density at radius 1 is 1.56 bits per heavy atom. The first-order valence-corrected chi connectivity index (χ1v) is 5.01. The van der Waals surface area contributed by atoms with E-state index in [4.69, 9.17) is 5.26 Å². The number of rotatable bonds is 3. The van der Waals surface area contributed by atoms with Crippen molar-refractivity contribution in [2.45, 2.75) is 25.3 Å². The van der Waals surface area contributed by atoms with Crippen LogP contribution in [0.15, 0.2) is 18.2 Å². The van der Waals surface area contributed by atoms with Crippen molar-refractivity contribution in [3.63, 3.8) is 0 Å². The van der Waals surface area contributed by atoms with Crippen molar-refractivity contribution in [3.8, 4) is 6.07 Å². The zero-order valence-corrected chi connectivity index (χ0v) is 8.86. The molecule has 0 unspecified atom stereocenters. The first-order valence-electron chi connectivity index (χ1n) is 5.01. The molecule has 0 spiro atoms. The van der Waals surface area contributed by atoms with E-state index >= 15 is 0 Å². The Labute approximate surface area is 92.8 Å². The van der Waals surface area contributed by atoms with Gasteiger partial charge in [-0.2, -0.15) is 5.26 Å². The number of nitro groups is 1. The van der Waals surface area contributed by atoms with E-state index in [-0.39, 0.29) is 16.8 Å². The molecule has 2 rings (SSSR count). The first kappa shape index (κ1) is 10.4. The van der Waals surface area contributed by atoms with E-state index in [1.165, 1.54) is 6.07 Å². The minimum absolute atomic E-state index is 0.0428. The van der Waals surface area contributed by atoms with Crippen LogP contribution in [0.4, 0.5) is 11.4 Å². The quantitative estimate of drug-likeness (QED) is 0.622. The molecule has 1 fully saturated rings. The SMILES string of the molecule is CC1(Nc2cccc(C#N)c2[N+](=O)[O-])CC1. The summed E-state index contributed by atoms with van der Waals surface area (Å²) in [5.74, 6) is 0. The van der Waals surface area contributed by atoms with Crippen LogP contribution in [0, 0.1) is 21.4 Å². The minimum Gasteiger partial charge on any atom is -0.374 e. The second-order valence-corrected chi connectivity index (χ2v) is 4.26. The third-order valence-corrected chi connectivity index (χ3v) is 2.78. The molecule has 82 valence electrons. The van der Waals surface area contributed by atoms with Crippen molar-refractivity contribution >= 4 is 11.4 Å². The number of hydrogen-bond donors (Lipinski definition) is 1. The van der Waals surface area contributed by atoms with Crippen LogP contribution in [0.3, 0.4) is 0 Å². The van der Waals surface area contributed by atoms with Gasteiger partial charge in [-0.05, 0) is 31.9 Å². The van der Waals surface area contributed by atoms with Crippen LogP contribution >= 0.6 is 0 Å². The van der Waals surface area contributed by atoms with Crippen molar-refractivity contribution < 1.29 is 4.92 Å². The van der Waals surface area contributed by atoms with E-state index in [1.807, 2.05) is 13.0 Å². The summed E-state index contributed by atoms with van der Waals surface area (Å²) in [6.07, 6.45) is 2.00. The van der Waals surface area contributed by atoms with Gasteiger partial charge < -0.3 is 5.32 Å². The molecule has 1 saturated carbocycles. The highest BCUT2D eigenvalue weighted by Gasteiger charge is 2.38. The number of anilines is 1. The summed E-state index contributed by atoms with van der Waals surface area (Å²) in [6, 6.07) is 6.59. The Kier molecular flexibility index (Phi) is 2.27. The van der Waals surface area contributed by atoms with Crippen LogP contribution in [0.5, 0.6) is 0 Å². The minimum atomic E-state index is -0.507. The Balaban J connectivity index is 2.44. The highest BCUT2D eigenvalue weighted by molar-refractivity contribution is 5.69. The van der Waals surface area contributed by atoms with Gasteiger partial charge in [0.1, 0.15) is 17.3 Å². The van der Waals surface area contributed by atoms with Crippen LogP contribution < -0.4 is 5.32 Å². The number of nitro benzene ring substituents is 1. The molecule has 5 nitrogen and oxygen atoms in total. The van der Waals surface area contributed by atoms with E-state index in [2.05, 4.69) is 5.32 Å². The molecular formula is C11H11N3O2. The summed E-state index contributed by atoms with van der Waals surface area (Å²) < 4.78 is 0. The van der Waals surface area contributed by atoms with E-state index in [9.17, 15) is 10.1 Å². The summed E-state index contributed by atoms with van der Waals surface area (Å²) in [5.41, 5.74) is 0.361. The van der Waals surface area contributed by atoms with Gasteiger partial charge in [0.2, 0.25) is 0 Å². The summed E-state index contributed by atoms with van der Waals surface area (Å²) in [7, 11) is 0. The van der Waals surface area contributed by atoms with Crippen molar-refractivity contribution in [3.05, 3.63) is 33.9 Å². The van der Waals surface area contributed by atoms with E-state index in [1.54, 1.807) is 12.1 Å². The number of nitrogens with zero attached hydrogens (tertiary/aromatic N) is 2. The average molecular weight is 217 g/mol. The maximum Gasteiger partial charge on any atom is 0.309 e.